The van der Waals surface area contributed by atoms with E-state index in [9.17, 15) is 14.0 Å². The van der Waals surface area contributed by atoms with Gasteiger partial charge in [-0.3, -0.25) is 9.59 Å². The van der Waals surface area contributed by atoms with E-state index in [-0.39, 0.29) is 29.6 Å². The van der Waals surface area contributed by atoms with Crippen molar-refractivity contribution in [2.75, 3.05) is 38.1 Å². The first-order valence-corrected chi connectivity index (χ1v) is 9.12. The van der Waals surface area contributed by atoms with Crippen molar-refractivity contribution in [1.29, 1.82) is 0 Å². The van der Waals surface area contributed by atoms with E-state index >= 15 is 0 Å². The predicted molar refractivity (Wildman–Crippen MR) is 107 cm³/mol. The molecule has 0 saturated carbocycles. The maximum atomic E-state index is 14.0. The smallest absolute Gasteiger partial charge is 0.229 e. The van der Waals surface area contributed by atoms with E-state index in [0.717, 1.165) is 0 Å². The highest BCUT2D eigenvalue weighted by Gasteiger charge is 2.36. The molecule has 2 amide bonds. The molecular formula is C20H20ClFN2O5. The van der Waals surface area contributed by atoms with Crippen LogP contribution in [-0.4, -0.2) is 39.7 Å². The summed E-state index contributed by atoms with van der Waals surface area (Å²) >= 11 is 5.74. The monoisotopic (exact) mass is 422 g/mol. The number of halogens is 2. The predicted octanol–water partition coefficient (Wildman–Crippen LogP) is 3.50. The first-order valence-electron chi connectivity index (χ1n) is 8.74. The molecule has 0 radical (unpaired) electrons. The van der Waals surface area contributed by atoms with Crippen LogP contribution in [0.1, 0.15) is 6.42 Å². The van der Waals surface area contributed by atoms with Crippen molar-refractivity contribution in [3.05, 3.63) is 41.2 Å². The van der Waals surface area contributed by atoms with Crippen molar-refractivity contribution in [3.63, 3.8) is 0 Å². The Bertz CT molecular complexity index is 927. The van der Waals surface area contributed by atoms with Crippen LogP contribution in [0.25, 0.3) is 0 Å². The lowest BCUT2D eigenvalue weighted by Crippen LogP contribution is -2.28. The number of amides is 2. The molecule has 0 bridgehead atoms. The van der Waals surface area contributed by atoms with Gasteiger partial charge >= 0.3 is 0 Å². The molecule has 29 heavy (non-hydrogen) atoms. The molecule has 2 aromatic rings. The lowest BCUT2D eigenvalue weighted by atomic mass is 10.1. The molecule has 3 rings (SSSR count). The van der Waals surface area contributed by atoms with Gasteiger partial charge in [0, 0.05) is 25.1 Å². The Kier molecular flexibility index (Phi) is 6.12. The zero-order valence-electron chi connectivity index (χ0n) is 16.1. The number of ether oxygens (including phenoxy) is 3. The minimum Gasteiger partial charge on any atom is -0.493 e. The molecular weight excluding hydrogens is 403 g/mol. The van der Waals surface area contributed by atoms with Gasteiger partial charge in [0.05, 0.1) is 43.6 Å². The molecule has 0 spiro atoms. The summed E-state index contributed by atoms with van der Waals surface area (Å²) in [7, 11) is 4.43. The van der Waals surface area contributed by atoms with Crippen molar-refractivity contribution in [2.45, 2.75) is 6.42 Å². The molecule has 1 saturated heterocycles. The third-order valence-electron chi connectivity index (χ3n) is 4.67. The summed E-state index contributed by atoms with van der Waals surface area (Å²) in [5.41, 5.74) is 0.481. The van der Waals surface area contributed by atoms with Gasteiger partial charge in [0.15, 0.2) is 17.3 Å². The normalized spacial score (nSPS) is 16.0. The highest BCUT2D eigenvalue weighted by molar-refractivity contribution is 6.31. The average Bonchev–Trinajstić information content (AvgIpc) is 3.12. The molecule has 1 atom stereocenters. The van der Waals surface area contributed by atoms with Crippen LogP contribution in [0.4, 0.5) is 15.8 Å². The molecule has 1 aliphatic heterocycles. The molecule has 1 unspecified atom stereocenters. The number of carbonyl (C=O) groups is 2. The van der Waals surface area contributed by atoms with Gasteiger partial charge in [-0.05, 0) is 12.1 Å². The van der Waals surface area contributed by atoms with E-state index in [2.05, 4.69) is 5.32 Å². The molecule has 1 aliphatic rings. The topological polar surface area (TPSA) is 77.1 Å². The van der Waals surface area contributed by atoms with E-state index in [0.29, 0.717) is 22.9 Å². The second-order valence-corrected chi connectivity index (χ2v) is 6.79. The maximum absolute atomic E-state index is 14.0. The summed E-state index contributed by atoms with van der Waals surface area (Å²) < 4.78 is 30.0. The number of hydrogen-bond donors (Lipinski definition) is 1. The minimum absolute atomic E-state index is 0.00925. The Morgan fingerprint density at radius 2 is 1.83 bits per heavy atom. The van der Waals surface area contributed by atoms with Gasteiger partial charge in [0.25, 0.3) is 0 Å². The molecule has 0 aliphatic carbocycles. The first-order chi connectivity index (χ1) is 13.9. The molecule has 0 aromatic heterocycles. The third-order valence-corrected chi connectivity index (χ3v) is 4.96. The van der Waals surface area contributed by atoms with Crippen LogP contribution >= 0.6 is 11.6 Å². The van der Waals surface area contributed by atoms with Gasteiger partial charge in [-0.15, -0.1) is 0 Å². The van der Waals surface area contributed by atoms with Crippen molar-refractivity contribution < 1.29 is 28.2 Å². The fourth-order valence-electron chi connectivity index (χ4n) is 3.19. The van der Waals surface area contributed by atoms with Crippen molar-refractivity contribution in [1.82, 2.24) is 0 Å². The Morgan fingerprint density at radius 1 is 1.17 bits per heavy atom. The second kappa shape index (κ2) is 8.57. The Hall–Kier alpha value is -3.00. The summed E-state index contributed by atoms with van der Waals surface area (Å²) in [5, 5.41) is 2.41. The van der Waals surface area contributed by atoms with Gasteiger partial charge in [0.1, 0.15) is 0 Å². The molecule has 1 fully saturated rings. The lowest BCUT2D eigenvalue weighted by molar-refractivity contribution is -0.122. The van der Waals surface area contributed by atoms with Gasteiger partial charge in [-0.1, -0.05) is 17.7 Å². The minimum atomic E-state index is -0.715. The fraction of sp³-hybridized carbons (Fsp3) is 0.300. The van der Waals surface area contributed by atoms with Crippen molar-refractivity contribution in [2.24, 2.45) is 5.92 Å². The van der Waals surface area contributed by atoms with Crippen LogP contribution in [0.15, 0.2) is 30.3 Å². The quantitative estimate of drug-likeness (QED) is 0.771. The first kappa shape index (κ1) is 20.7. The summed E-state index contributed by atoms with van der Waals surface area (Å²) in [6.07, 6.45) is -0.00925. The van der Waals surface area contributed by atoms with Crippen LogP contribution in [-0.2, 0) is 9.59 Å². The number of nitrogens with one attached hydrogen (secondary N) is 1. The van der Waals surface area contributed by atoms with Crippen LogP contribution in [0.5, 0.6) is 17.2 Å². The molecule has 1 heterocycles. The SMILES string of the molecule is COc1cc(N2CC(C(=O)Nc3cccc(Cl)c3F)CC2=O)cc(OC)c1OC. The number of rotatable bonds is 6. The summed E-state index contributed by atoms with van der Waals surface area (Å²) in [6, 6.07) is 7.60. The Balaban J connectivity index is 1.81. The van der Waals surface area contributed by atoms with Gasteiger partial charge in [-0.25, -0.2) is 4.39 Å². The van der Waals surface area contributed by atoms with E-state index in [1.807, 2.05) is 0 Å². The van der Waals surface area contributed by atoms with Crippen LogP contribution in [0.2, 0.25) is 5.02 Å². The second-order valence-electron chi connectivity index (χ2n) is 6.38. The largest absolute Gasteiger partial charge is 0.493 e. The molecule has 154 valence electrons. The Labute approximate surface area is 172 Å². The summed E-state index contributed by atoms with van der Waals surface area (Å²) in [6.45, 7) is 0.130. The average molecular weight is 423 g/mol. The fourth-order valence-corrected chi connectivity index (χ4v) is 3.37. The molecule has 7 nitrogen and oxygen atoms in total. The zero-order valence-corrected chi connectivity index (χ0v) is 16.9. The number of nitrogens with zero attached hydrogens (tertiary/aromatic N) is 1. The standard InChI is InChI=1S/C20H20ClFN2O5/c1-27-15-8-12(9-16(28-2)19(15)29-3)24-10-11(7-17(24)25)20(26)23-14-6-4-5-13(21)18(14)22/h4-6,8-9,11H,7,10H2,1-3H3,(H,23,26). The number of carbonyl (C=O) groups excluding carboxylic acids is 2. The van der Waals surface area contributed by atoms with E-state index in [1.54, 1.807) is 12.1 Å². The van der Waals surface area contributed by atoms with Gasteiger partial charge in [-0.2, -0.15) is 0 Å². The van der Waals surface area contributed by atoms with E-state index < -0.39 is 17.6 Å². The highest BCUT2D eigenvalue weighted by Crippen LogP contribution is 2.42. The maximum Gasteiger partial charge on any atom is 0.229 e. The summed E-state index contributed by atoms with van der Waals surface area (Å²) in [4.78, 5) is 26.6. The van der Waals surface area contributed by atoms with Crippen molar-refractivity contribution >= 4 is 34.8 Å². The number of benzene rings is 2. The van der Waals surface area contributed by atoms with Gasteiger partial charge < -0.3 is 24.4 Å². The molecule has 2 aromatic carbocycles. The van der Waals surface area contributed by atoms with Crippen molar-refractivity contribution in [3.8, 4) is 17.2 Å². The number of anilines is 2. The zero-order chi connectivity index (χ0) is 21.1. The Morgan fingerprint density at radius 3 is 2.41 bits per heavy atom. The van der Waals surface area contributed by atoms with E-state index in [4.69, 9.17) is 25.8 Å². The van der Waals surface area contributed by atoms with Crippen LogP contribution in [0.3, 0.4) is 0 Å². The van der Waals surface area contributed by atoms with Crippen LogP contribution < -0.4 is 24.4 Å². The highest BCUT2D eigenvalue weighted by atomic mass is 35.5. The summed E-state index contributed by atoms with van der Waals surface area (Å²) in [5.74, 6) is -0.892. The molecule has 1 N–H and O–H groups in total. The van der Waals surface area contributed by atoms with E-state index in [1.165, 1.54) is 44.4 Å². The number of hydrogen-bond acceptors (Lipinski definition) is 5. The third kappa shape index (κ3) is 4.07. The number of methoxy groups -OCH3 is 3. The lowest BCUT2D eigenvalue weighted by Gasteiger charge is -2.20. The molecule has 9 heteroatoms. The van der Waals surface area contributed by atoms with Crippen LogP contribution in [0, 0.1) is 11.7 Å². The van der Waals surface area contributed by atoms with Gasteiger partial charge in [0.2, 0.25) is 17.6 Å².